The van der Waals surface area contributed by atoms with Crippen molar-refractivity contribution in [1.82, 2.24) is 0 Å². The number of ether oxygens (including phenoxy) is 3. The quantitative estimate of drug-likeness (QED) is 0.780. The third-order valence-corrected chi connectivity index (χ3v) is 4.12. The molecule has 1 saturated heterocycles. The van der Waals surface area contributed by atoms with Gasteiger partial charge in [-0.25, -0.2) is 4.79 Å². The minimum atomic E-state index is -0.348. The van der Waals surface area contributed by atoms with Gasteiger partial charge in [-0.05, 0) is 43.2 Å². The van der Waals surface area contributed by atoms with E-state index in [-0.39, 0.29) is 5.97 Å². The summed E-state index contributed by atoms with van der Waals surface area (Å²) in [5.74, 6) is 1.67. The highest BCUT2D eigenvalue weighted by Crippen LogP contribution is 2.38. The van der Waals surface area contributed by atoms with Gasteiger partial charge in [0.25, 0.3) is 0 Å². The molecule has 0 aliphatic carbocycles. The summed E-state index contributed by atoms with van der Waals surface area (Å²) in [6, 6.07) is 12.9. The highest BCUT2D eigenvalue weighted by molar-refractivity contribution is 5.91. The lowest BCUT2D eigenvalue weighted by atomic mass is 10.1. The van der Waals surface area contributed by atoms with Crippen molar-refractivity contribution in [1.29, 1.82) is 0 Å². The van der Waals surface area contributed by atoms with Gasteiger partial charge in [-0.1, -0.05) is 12.1 Å². The second-order valence-corrected chi connectivity index (χ2v) is 5.62. The number of esters is 1. The number of carbonyl (C=O) groups excluding carboxylic acids is 1. The average molecular weight is 327 g/mol. The van der Waals surface area contributed by atoms with E-state index in [1.54, 1.807) is 13.2 Å². The Bertz CT molecular complexity index is 723. The Morgan fingerprint density at radius 1 is 0.958 bits per heavy atom. The number of carbonyl (C=O) groups is 1. The predicted molar refractivity (Wildman–Crippen MR) is 92.3 cm³/mol. The largest absolute Gasteiger partial charge is 0.493 e. The third-order valence-electron chi connectivity index (χ3n) is 4.12. The Hall–Kier alpha value is -2.69. The first kappa shape index (κ1) is 16.2. The van der Waals surface area contributed by atoms with Crippen molar-refractivity contribution < 1.29 is 19.0 Å². The van der Waals surface area contributed by atoms with Crippen LogP contribution in [-0.4, -0.2) is 33.3 Å². The lowest BCUT2D eigenvalue weighted by molar-refractivity contribution is 0.0601. The summed E-state index contributed by atoms with van der Waals surface area (Å²) in [4.78, 5) is 14.1. The first-order valence-corrected chi connectivity index (χ1v) is 8.01. The lowest BCUT2D eigenvalue weighted by Crippen LogP contribution is -2.19. The molecule has 0 spiro atoms. The van der Waals surface area contributed by atoms with E-state index < -0.39 is 0 Å². The molecule has 1 heterocycles. The summed E-state index contributed by atoms with van der Waals surface area (Å²) in [7, 11) is 3.00. The fourth-order valence-electron chi connectivity index (χ4n) is 2.88. The zero-order valence-corrected chi connectivity index (χ0v) is 14.0. The summed E-state index contributed by atoms with van der Waals surface area (Å²) >= 11 is 0. The molecule has 0 amide bonds. The fraction of sp³-hybridized carbons (Fsp3) is 0.316. The number of benzene rings is 2. The van der Waals surface area contributed by atoms with Crippen LogP contribution in [0.15, 0.2) is 42.5 Å². The van der Waals surface area contributed by atoms with Crippen molar-refractivity contribution in [2.75, 3.05) is 32.2 Å². The molecule has 0 atom stereocenters. The second-order valence-electron chi connectivity index (χ2n) is 5.62. The molecule has 24 heavy (non-hydrogen) atoms. The van der Waals surface area contributed by atoms with Gasteiger partial charge in [0.1, 0.15) is 0 Å². The molecule has 0 saturated carbocycles. The molecule has 3 rings (SSSR count). The van der Waals surface area contributed by atoms with Gasteiger partial charge in [-0.3, -0.25) is 0 Å². The van der Waals surface area contributed by atoms with Crippen LogP contribution < -0.4 is 14.4 Å². The smallest absolute Gasteiger partial charge is 0.337 e. The van der Waals surface area contributed by atoms with E-state index in [9.17, 15) is 4.79 Å². The number of para-hydroxylation sites is 2. The molecule has 2 aromatic rings. The van der Waals surface area contributed by atoms with Gasteiger partial charge >= 0.3 is 5.97 Å². The monoisotopic (exact) mass is 327 g/mol. The van der Waals surface area contributed by atoms with Gasteiger partial charge in [-0.15, -0.1) is 0 Å². The summed E-state index contributed by atoms with van der Waals surface area (Å²) in [5.41, 5.74) is 1.42. The molecule has 0 aromatic heterocycles. The molecular formula is C19H21NO4. The standard InChI is InChI=1S/C19H21NO4/c1-22-17-7-3-4-8-18(17)24-16-10-9-14(19(21)23-2)13-15(16)20-11-5-6-12-20/h3-4,7-10,13H,5-6,11-12H2,1-2H3. The van der Waals surface area contributed by atoms with Crippen molar-refractivity contribution in [3.8, 4) is 17.2 Å². The maximum Gasteiger partial charge on any atom is 0.337 e. The van der Waals surface area contributed by atoms with Crippen molar-refractivity contribution in [2.24, 2.45) is 0 Å². The molecule has 126 valence electrons. The molecule has 0 bridgehead atoms. The zero-order valence-electron chi connectivity index (χ0n) is 14.0. The topological polar surface area (TPSA) is 48.0 Å². The van der Waals surface area contributed by atoms with Crippen LogP contribution in [0.4, 0.5) is 5.69 Å². The normalized spacial score (nSPS) is 13.7. The minimum absolute atomic E-state index is 0.348. The molecular weight excluding hydrogens is 306 g/mol. The van der Waals surface area contributed by atoms with Gasteiger partial charge in [0.2, 0.25) is 0 Å². The molecule has 1 aliphatic heterocycles. The molecule has 1 fully saturated rings. The van der Waals surface area contributed by atoms with Crippen LogP contribution in [0.3, 0.4) is 0 Å². The van der Waals surface area contributed by atoms with Gasteiger partial charge in [0.15, 0.2) is 17.2 Å². The molecule has 2 aromatic carbocycles. The van der Waals surface area contributed by atoms with Crippen molar-refractivity contribution >= 4 is 11.7 Å². The van der Waals surface area contributed by atoms with Crippen molar-refractivity contribution in [2.45, 2.75) is 12.8 Å². The molecule has 5 heteroatoms. The Morgan fingerprint density at radius 2 is 1.67 bits per heavy atom. The van der Waals surface area contributed by atoms with Crippen molar-refractivity contribution in [3.05, 3.63) is 48.0 Å². The van der Waals surface area contributed by atoms with Gasteiger partial charge < -0.3 is 19.1 Å². The number of methoxy groups -OCH3 is 2. The maximum absolute atomic E-state index is 11.8. The average Bonchev–Trinajstić information content (AvgIpc) is 3.16. The van der Waals surface area contributed by atoms with E-state index in [0.717, 1.165) is 31.6 Å². The highest BCUT2D eigenvalue weighted by atomic mass is 16.5. The number of nitrogens with zero attached hydrogens (tertiary/aromatic N) is 1. The van der Waals surface area contributed by atoms with Gasteiger partial charge in [-0.2, -0.15) is 0 Å². The summed E-state index contributed by atoms with van der Waals surface area (Å²) in [6.07, 6.45) is 2.27. The SMILES string of the molecule is COC(=O)c1ccc(Oc2ccccc2OC)c(N2CCCC2)c1. The predicted octanol–water partition coefficient (Wildman–Crippen LogP) is 3.87. The first-order chi connectivity index (χ1) is 11.7. The summed E-state index contributed by atoms with van der Waals surface area (Å²) < 4.78 is 16.3. The second kappa shape index (κ2) is 7.25. The van der Waals surface area contributed by atoms with Crippen LogP contribution in [0.25, 0.3) is 0 Å². The van der Waals surface area contributed by atoms with Crippen LogP contribution in [0, 0.1) is 0 Å². The Balaban J connectivity index is 1.98. The van der Waals surface area contributed by atoms with E-state index in [2.05, 4.69) is 4.90 Å². The van der Waals surface area contributed by atoms with Gasteiger partial charge in [0, 0.05) is 13.1 Å². The summed E-state index contributed by atoms with van der Waals surface area (Å²) in [5, 5.41) is 0. The van der Waals surface area contributed by atoms with E-state index >= 15 is 0 Å². The highest BCUT2D eigenvalue weighted by Gasteiger charge is 2.20. The van der Waals surface area contributed by atoms with Crippen LogP contribution in [0.1, 0.15) is 23.2 Å². The zero-order chi connectivity index (χ0) is 16.9. The molecule has 1 aliphatic rings. The third kappa shape index (κ3) is 3.30. The molecule has 5 nitrogen and oxygen atoms in total. The number of rotatable bonds is 5. The van der Waals surface area contributed by atoms with Crippen LogP contribution >= 0.6 is 0 Å². The molecule has 0 unspecified atom stereocenters. The lowest BCUT2D eigenvalue weighted by Gasteiger charge is -2.22. The van der Waals surface area contributed by atoms with Crippen LogP contribution in [0.5, 0.6) is 17.2 Å². The maximum atomic E-state index is 11.8. The molecule has 0 radical (unpaired) electrons. The van der Waals surface area contributed by atoms with Crippen LogP contribution in [-0.2, 0) is 4.74 Å². The van der Waals surface area contributed by atoms with E-state index in [1.807, 2.05) is 36.4 Å². The minimum Gasteiger partial charge on any atom is -0.493 e. The number of anilines is 1. The fourth-order valence-corrected chi connectivity index (χ4v) is 2.88. The number of hydrogen-bond acceptors (Lipinski definition) is 5. The first-order valence-electron chi connectivity index (χ1n) is 8.01. The Morgan fingerprint density at radius 3 is 2.33 bits per heavy atom. The van der Waals surface area contributed by atoms with Gasteiger partial charge in [0.05, 0.1) is 25.5 Å². The van der Waals surface area contributed by atoms with Crippen LogP contribution in [0.2, 0.25) is 0 Å². The Labute approximate surface area is 141 Å². The molecule has 0 N–H and O–H groups in total. The summed E-state index contributed by atoms with van der Waals surface area (Å²) in [6.45, 7) is 1.90. The van der Waals surface area contributed by atoms with Crippen molar-refractivity contribution in [3.63, 3.8) is 0 Å². The Kier molecular flexibility index (Phi) is 4.89. The van der Waals surface area contributed by atoms with E-state index in [4.69, 9.17) is 14.2 Å². The number of hydrogen-bond donors (Lipinski definition) is 0. The van der Waals surface area contributed by atoms with E-state index in [1.165, 1.54) is 7.11 Å². The van der Waals surface area contributed by atoms with E-state index in [0.29, 0.717) is 22.8 Å².